The topological polar surface area (TPSA) is 89.4 Å². The quantitative estimate of drug-likeness (QED) is 0.826. The maximum absolute atomic E-state index is 12.4. The van der Waals surface area contributed by atoms with Crippen molar-refractivity contribution in [2.75, 3.05) is 0 Å². The summed E-state index contributed by atoms with van der Waals surface area (Å²) in [6, 6.07) is 0.806. The Bertz CT molecular complexity index is 487. The lowest BCUT2D eigenvalue weighted by atomic mass is 10.3. The molecule has 0 aliphatic heterocycles. The molecular weight excluding hydrogens is 257 g/mol. The molecule has 1 aromatic heterocycles. The maximum atomic E-state index is 12.4. The average Bonchev–Trinajstić information content (AvgIpc) is 2.24. The van der Waals surface area contributed by atoms with Crippen LogP contribution >= 0.6 is 0 Å². The Morgan fingerprint density at radius 2 is 2.00 bits per heavy atom. The van der Waals surface area contributed by atoms with Gasteiger partial charge >= 0.3 is 18.1 Å². The summed E-state index contributed by atoms with van der Waals surface area (Å²) < 4.78 is 41.6. The molecule has 0 saturated carbocycles. The third-order valence-electron chi connectivity index (χ3n) is 1.68. The molecule has 1 rings (SSSR count). The van der Waals surface area contributed by atoms with Gasteiger partial charge in [0.1, 0.15) is 6.61 Å². The van der Waals surface area contributed by atoms with Crippen molar-refractivity contribution in [3.05, 3.63) is 23.3 Å². The minimum absolute atomic E-state index is 0.343. The molecule has 1 N–H and O–H groups in total. The van der Waals surface area contributed by atoms with E-state index in [-0.39, 0.29) is 5.69 Å². The van der Waals surface area contributed by atoms with E-state index >= 15 is 0 Å². The monoisotopic (exact) mass is 264 g/mol. The highest BCUT2D eigenvalue weighted by Gasteiger charge is 2.36. The van der Waals surface area contributed by atoms with Gasteiger partial charge in [0.25, 0.3) is 0 Å². The Hall–Kier alpha value is -2.19. The summed E-state index contributed by atoms with van der Waals surface area (Å²) >= 11 is 0. The molecule has 0 radical (unpaired) electrons. The van der Waals surface area contributed by atoms with Crippen LogP contribution in [0.1, 0.15) is 28.9 Å². The van der Waals surface area contributed by atoms with Gasteiger partial charge in [-0.1, -0.05) is 0 Å². The largest absolute Gasteiger partial charge is 0.477 e. The number of hydrogen-bond acceptors (Lipinski definition) is 5. The summed E-state index contributed by atoms with van der Waals surface area (Å²) in [5.41, 5.74) is -1.16. The molecule has 1 aromatic rings. The number of rotatable bonds is 3. The fourth-order valence-corrected chi connectivity index (χ4v) is 0.983. The molecule has 0 spiro atoms. The van der Waals surface area contributed by atoms with Gasteiger partial charge in [0.05, 0.1) is 5.69 Å². The number of ether oxygens (including phenoxy) is 1. The van der Waals surface area contributed by atoms with E-state index in [4.69, 9.17) is 5.11 Å². The Morgan fingerprint density at radius 3 is 2.44 bits per heavy atom. The number of esters is 1. The second kappa shape index (κ2) is 4.98. The smallest absolute Gasteiger partial charge is 0.451 e. The molecule has 0 saturated heterocycles. The minimum atomic E-state index is -4.88. The summed E-state index contributed by atoms with van der Waals surface area (Å²) in [6.07, 6.45) is -4.88. The van der Waals surface area contributed by atoms with Gasteiger partial charge in [0.2, 0.25) is 5.82 Å². The van der Waals surface area contributed by atoms with Crippen molar-refractivity contribution < 1.29 is 32.6 Å². The summed E-state index contributed by atoms with van der Waals surface area (Å²) in [5, 5.41) is 8.61. The first-order valence-corrected chi connectivity index (χ1v) is 4.52. The number of nitrogens with zero attached hydrogens (tertiary/aromatic N) is 2. The standard InChI is InChI=1S/C9H7F3N2O4/c1-4(15)18-3-5-2-6(7(16)17)14-8(13-5)9(10,11)12/h2H,3H2,1H3,(H,16,17). The molecule has 0 aliphatic carbocycles. The Balaban J connectivity index is 3.14. The highest BCUT2D eigenvalue weighted by Crippen LogP contribution is 2.26. The van der Waals surface area contributed by atoms with E-state index in [9.17, 15) is 22.8 Å². The molecule has 0 fully saturated rings. The zero-order chi connectivity index (χ0) is 13.9. The first-order valence-electron chi connectivity index (χ1n) is 4.52. The second-order valence-electron chi connectivity index (χ2n) is 3.15. The fraction of sp³-hybridized carbons (Fsp3) is 0.333. The van der Waals surface area contributed by atoms with Crippen LogP contribution in [0.15, 0.2) is 6.07 Å². The van der Waals surface area contributed by atoms with Crippen molar-refractivity contribution in [3.8, 4) is 0 Å². The maximum Gasteiger partial charge on any atom is 0.451 e. The number of hydrogen-bond donors (Lipinski definition) is 1. The molecule has 6 nitrogen and oxygen atoms in total. The first kappa shape index (κ1) is 13.9. The molecule has 0 bridgehead atoms. The van der Waals surface area contributed by atoms with E-state index in [2.05, 4.69) is 14.7 Å². The molecule has 0 atom stereocenters. The van der Waals surface area contributed by atoms with E-state index in [1.807, 2.05) is 0 Å². The number of halogens is 3. The van der Waals surface area contributed by atoms with Crippen molar-refractivity contribution in [2.45, 2.75) is 19.7 Å². The van der Waals surface area contributed by atoms with Crippen LogP contribution < -0.4 is 0 Å². The van der Waals surface area contributed by atoms with Gasteiger partial charge in [0, 0.05) is 6.92 Å². The Kier molecular flexibility index (Phi) is 3.84. The third kappa shape index (κ3) is 3.68. The van der Waals surface area contributed by atoms with Gasteiger partial charge in [-0.05, 0) is 6.07 Å². The molecule has 0 aromatic carbocycles. The predicted molar refractivity (Wildman–Crippen MR) is 49.5 cm³/mol. The fourth-order valence-electron chi connectivity index (χ4n) is 0.983. The summed E-state index contributed by atoms with van der Waals surface area (Å²) in [6.45, 7) is 0.505. The van der Waals surface area contributed by atoms with Crippen molar-refractivity contribution in [1.82, 2.24) is 9.97 Å². The summed E-state index contributed by atoms with van der Waals surface area (Å²) in [5.74, 6) is -3.95. The zero-order valence-electron chi connectivity index (χ0n) is 8.98. The van der Waals surface area contributed by atoms with Crippen molar-refractivity contribution >= 4 is 11.9 Å². The molecule has 18 heavy (non-hydrogen) atoms. The van der Waals surface area contributed by atoms with E-state index in [1.54, 1.807) is 0 Å². The van der Waals surface area contributed by atoms with E-state index in [1.165, 1.54) is 0 Å². The first-order chi connectivity index (χ1) is 8.20. The highest BCUT2D eigenvalue weighted by molar-refractivity contribution is 5.85. The van der Waals surface area contributed by atoms with Crippen LogP contribution in [0.4, 0.5) is 13.2 Å². The molecule has 0 unspecified atom stereocenters. The number of alkyl halides is 3. The lowest BCUT2D eigenvalue weighted by Crippen LogP contribution is -2.16. The van der Waals surface area contributed by atoms with Gasteiger partial charge in [-0.2, -0.15) is 13.2 Å². The molecule has 1 heterocycles. The number of carbonyl (C=O) groups is 2. The summed E-state index contributed by atoms with van der Waals surface area (Å²) in [7, 11) is 0. The molecule has 9 heteroatoms. The zero-order valence-corrected chi connectivity index (χ0v) is 8.98. The van der Waals surface area contributed by atoms with Crippen LogP contribution in [-0.4, -0.2) is 27.0 Å². The van der Waals surface area contributed by atoms with Gasteiger partial charge in [-0.3, -0.25) is 4.79 Å². The van der Waals surface area contributed by atoms with Gasteiger partial charge < -0.3 is 9.84 Å². The average molecular weight is 264 g/mol. The number of aromatic nitrogens is 2. The number of aromatic carboxylic acids is 1. The van der Waals surface area contributed by atoms with Crippen molar-refractivity contribution in [3.63, 3.8) is 0 Å². The second-order valence-corrected chi connectivity index (χ2v) is 3.15. The van der Waals surface area contributed by atoms with Gasteiger partial charge in [-0.15, -0.1) is 0 Å². The van der Waals surface area contributed by atoms with Crippen LogP contribution in [-0.2, 0) is 22.3 Å². The van der Waals surface area contributed by atoms with Crippen molar-refractivity contribution in [1.29, 1.82) is 0 Å². The summed E-state index contributed by atoms with van der Waals surface area (Å²) in [4.78, 5) is 27.1. The van der Waals surface area contributed by atoms with Crippen LogP contribution in [0.25, 0.3) is 0 Å². The number of carbonyl (C=O) groups excluding carboxylic acids is 1. The van der Waals surface area contributed by atoms with E-state index in [0.29, 0.717) is 0 Å². The van der Waals surface area contributed by atoms with Crippen molar-refractivity contribution in [2.24, 2.45) is 0 Å². The van der Waals surface area contributed by atoms with Crippen LogP contribution in [0.2, 0.25) is 0 Å². The number of carboxylic acid groups (broad SMARTS) is 1. The minimum Gasteiger partial charge on any atom is -0.477 e. The Labute approximate surface area is 98.4 Å². The lowest BCUT2D eigenvalue weighted by Gasteiger charge is -2.08. The van der Waals surface area contributed by atoms with E-state index < -0.39 is 36.2 Å². The third-order valence-corrected chi connectivity index (χ3v) is 1.68. The number of carboxylic acids is 1. The predicted octanol–water partition coefficient (Wildman–Crippen LogP) is 1.26. The molecule has 0 aliphatic rings. The van der Waals surface area contributed by atoms with Crippen LogP contribution in [0, 0.1) is 0 Å². The SMILES string of the molecule is CC(=O)OCc1cc(C(=O)O)nc(C(F)(F)F)n1. The molecule has 98 valence electrons. The lowest BCUT2D eigenvalue weighted by molar-refractivity contribution is -0.145. The van der Waals surface area contributed by atoms with Crippen LogP contribution in [0.3, 0.4) is 0 Å². The normalized spacial score (nSPS) is 11.1. The molecule has 0 amide bonds. The van der Waals surface area contributed by atoms with Gasteiger partial charge in [-0.25, -0.2) is 14.8 Å². The highest BCUT2D eigenvalue weighted by atomic mass is 19.4. The molecular formula is C9H7F3N2O4. The van der Waals surface area contributed by atoms with E-state index in [0.717, 1.165) is 13.0 Å². The Morgan fingerprint density at radius 1 is 1.39 bits per heavy atom. The van der Waals surface area contributed by atoms with Crippen LogP contribution in [0.5, 0.6) is 0 Å². The van der Waals surface area contributed by atoms with Gasteiger partial charge in [0.15, 0.2) is 5.69 Å².